The summed E-state index contributed by atoms with van der Waals surface area (Å²) in [4.78, 5) is 4.21. The van der Waals surface area contributed by atoms with Gasteiger partial charge in [-0.1, -0.05) is 0 Å². The summed E-state index contributed by atoms with van der Waals surface area (Å²) in [7, 11) is -3.31. The lowest BCUT2D eigenvalue weighted by Gasteiger charge is -2.03. The highest BCUT2D eigenvalue weighted by molar-refractivity contribution is 7.89. The van der Waals surface area contributed by atoms with Crippen LogP contribution in [0.15, 0.2) is 30.6 Å². The number of nitrogens with zero attached hydrogens (tertiary/aromatic N) is 3. The summed E-state index contributed by atoms with van der Waals surface area (Å²) < 4.78 is 26.3. The molecule has 0 radical (unpaired) electrons. The highest BCUT2D eigenvalue weighted by Crippen LogP contribution is 2.19. The van der Waals surface area contributed by atoms with Gasteiger partial charge in [-0.25, -0.2) is 17.4 Å². The highest BCUT2D eigenvalue weighted by atomic mass is 32.2. The number of aromatic nitrogens is 3. The van der Waals surface area contributed by atoms with Gasteiger partial charge in [0, 0.05) is 11.9 Å². The van der Waals surface area contributed by atoms with Gasteiger partial charge >= 0.3 is 0 Å². The van der Waals surface area contributed by atoms with Gasteiger partial charge in [0.25, 0.3) is 0 Å². The van der Waals surface area contributed by atoms with Crippen molar-refractivity contribution in [2.24, 2.45) is 0 Å². The maximum Gasteiger partial charge on any atom is 0.237 e. The van der Waals surface area contributed by atoms with Gasteiger partial charge in [-0.3, -0.25) is 0 Å². The number of hydrogen-bond donors (Lipinski definition) is 0. The van der Waals surface area contributed by atoms with E-state index in [0.29, 0.717) is 5.65 Å². The molecule has 0 saturated carbocycles. The SMILES string of the molecule is Cc1ccc2cnc3c(ccn3S(C)(=O)=O)n12. The van der Waals surface area contributed by atoms with Crippen LogP contribution in [0.25, 0.3) is 16.7 Å². The van der Waals surface area contributed by atoms with Crippen LogP contribution in [0, 0.1) is 6.92 Å². The van der Waals surface area contributed by atoms with Crippen molar-refractivity contribution in [2.45, 2.75) is 6.92 Å². The summed E-state index contributed by atoms with van der Waals surface area (Å²) in [6.45, 7) is 1.98. The van der Waals surface area contributed by atoms with Crippen molar-refractivity contribution in [1.29, 1.82) is 0 Å². The molecule has 0 bridgehead atoms. The average Bonchev–Trinajstić information content (AvgIpc) is 2.80. The zero-order valence-corrected chi connectivity index (χ0v) is 10.3. The molecular weight excluding hydrogens is 238 g/mol. The third-order valence-electron chi connectivity index (χ3n) is 2.83. The first-order chi connectivity index (χ1) is 7.98. The van der Waals surface area contributed by atoms with Crippen LogP contribution in [-0.4, -0.2) is 28.0 Å². The Morgan fingerprint density at radius 3 is 2.71 bits per heavy atom. The summed E-state index contributed by atoms with van der Waals surface area (Å²) >= 11 is 0. The van der Waals surface area contributed by atoms with E-state index in [4.69, 9.17) is 0 Å². The van der Waals surface area contributed by atoms with E-state index >= 15 is 0 Å². The molecule has 3 aromatic heterocycles. The Morgan fingerprint density at radius 2 is 2.00 bits per heavy atom. The molecule has 0 aliphatic rings. The van der Waals surface area contributed by atoms with E-state index in [1.54, 1.807) is 12.3 Å². The van der Waals surface area contributed by atoms with E-state index in [9.17, 15) is 8.42 Å². The molecule has 0 amide bonds. The van der Waals surface area contributed by atoms with Gasteiger partial charge in [0.05, 0.1) is 23.5 Å². The minimum atomic E-state index is -3.31. The summed E-state index contributed by atoms with van der Waals surface area (Å²) in [6, 6.07) is 5.71. The molecule has 5 nitrogen and oxygen atoms in total. The molecule has 0 aromatic carbocycles. The van der Waals surface area contributed by atoms with E-state index in [2.05, 4.69) is 4.98 Å². The maximum atomic E-state index is 11.6. The number of fused-ring (bicyclic) bond motifs is 3. The fraction of sp³-hybridized carbons (Fsp3) is 0.182. The Morgan fingerprint density at radius 1 is 1.24 bits per heavy atom. The highest BCUT2D eigenvalue weighted by Gasteiger charge is 2.13. The Labute approximate surface area is 98.4 Å². The molecule has 3 rings (SSSR count). The zero-order chi connectivity index (χ0) is 12.2. The van der Waals surface area contributed by atoms with Crippen molar-refractivity contribution in [3.8, 4) is 0 Å². The van der Waals surface area contributed by atoms with E-state index in [1.165, 1.54) is 16.4 Å². The zero-order valence-electron chi connectivity index (χ0n) is 9.45. The fourth-order valence-corrected chi connectivity index (χ4v) is 2.81. The summed E-state index contributed by atoms with van der Waals surface area (Å²) in [5, 5.41) is 0. The molecule has 88 valence electrons. The van der Waals surface area contributed by atoms with E-state index < -0.39 is 10.0 Å². The van der Waals surface area contributed by atoms with E-state index in [0.717, 1.165) is 16.7 Å². The molecule has 0 aliphatic carbocycles. The van der Waals surface area contributed by atoms with Gasteiger partial charge in [0.2, 0.25) is 10.0 Å². The minimum Gasteiger partial charge on any atom is -0.309 e. The molecule has 3 aromatic rings. The van der Waals surface area contributed by atoms with Crippen LogP contribution in [0.2, 0.25) is 0 Å². The summed E-state index contributed by atoms with van der Waals surface area (Å²) in [5.74, 6) is 0. The maximum absolute atomic E-state index is 11.6. The molecule has 0 saturated heterocycles. The quantitative estimate of drug-likeness (QED) is 0.655. The summed E-state index contributed by atoms with van der Waals surface area (Å²) in [6.07, 6.45) is 4.38. The molecular formula is C11H11N3O2S. The van der Waals surface area contributed by atoms with Gasteiger partial charge < -0.3 is 4.40 Å². The van der Waals surface area contributed by atoms with Crippen molar-refractivity contribution in [3.05, 3.63) is 36.3 Å². The third-order valence-corrected chi connectivity index (χ3v) is 3.84. The van der Waals surface area contributed by atoms with Crippen molar-refractivity contribution in [2.75, 3.05) is 6.26 Å². The average molecular weight is 249 g/mol. The van der Waals surface area contributed by atoms with Gasteiger partial charge in [-0.05, 0) is 25.1 Å². The van der Waals surface area contributed by atoms with Gasteiger partial charge in [-0.2, -0.15) is 0 Å². The molecule has 0 aliphatic heterocycles. The first kappa shape index (κ1) is 10.3. The second-order valence-electron chi connectivity index (χ2n) is 4.08. The third kappa shape index (κ3) is 1.37. The molecule has 0 atom stereocenters. The minimum absolute atomic E-state index is 0.458. The molecule has 0 N–H and O–H groups in total. The van der Waals surface area contributed by atoms with Crippen LogP contribution in [0.5, 0.6) is 0 Å². The Kier molecular flexibility index (Phi) is 1.89. The van der Waals surface area contributed by atoms with Crippen LogP contribution >= 0.6 is 0 Å². The first-order valence-corrected chi connectivity index (χ1v) is 6.98. The second kappa shape index (κ2) is 3.10. The normalized spacial score (nSPS) is 12.6. The fourth-order valence-electron chi connectivity index (χ4n) is 2.08. The largest absolute Gasteiger partial charge is 0.309 e. The Bertz CT molecular complexity index is 827. The topological polar surface area (TPSA) is 56.4 Å². The summed E-state index contributed by atoms with van der Waals surface area (Å²) in [5.41, 5.74) is 3.27. The predicted molar refractivity (Wildman–Crippen MR) is 65.7 cm³/mol. The Balaban J connectivity index is 2.55. The first-order valence-electron chi connectivity index (χ1n) is 5.13. The smallest absolute Gasteiger partial charge is 0.237 e. The van der Waals surface area contributed by atoms with Crippen LogP contribution < -0.4 is 0 Å². The van der Waals surface area contributed by atoms with E-state index in [1.807, 2.05) is 23.5 Å². The molecule has 0 spiro atoms. The van der Waals surface area contributed by atoms with Gasteiger partial charge in [0.1, 0.15) is 0 Å². The predicted octanol–water partition coefficient (Wildman–Crippen LogP) is 1.41. The van der Waals surface area contributed by atoms with Crippen LogP contribution in [0.4, 0.5) is 0 Å². The van der Waals surface area contributed by atoms with Crippen molar-refractivity contribution >= 4 is 26.7 Å². The molecule has 17 heavy (non-hydrogen) atoms. The molecule has 0 unspecified atom stereocenters. The number of aryl methyl sites for hydroxylation is 1. The van der Waals surface area contributed by atoms with Crippen LogP contribution in [-0.2, 0) is 10.0 Å². The standard InChI is InChI=1S/C11H11N3O2S/c1-8-3-4-9-7-12-11-10(14(8)9)5-6-13(11)17(2,15)16/h3-7H,1-2H3. The molecule has 6 heteroatoms. The lowest BCUT2D eigenvalue weighted by Crippen LogP contribution is -2.09. The van der Waals surface area contributed by atoms with Crippen molar-refractivity contribution in [3.63, 3.8) is 0 Å². The van der Waals surface area contributed by atoms with Crippen LogP contribution in [0.1, 0.15) is 5.69 Å². The monoisotopic (exact) mass is 249 g/mol. The van der Waals surface area contributed by atoms with Gasteiger partial charge in [0.15, 0.2) is 5.65 Å². The van der Waals surface area contributed by atoms with Crippen LogP contribution in [0.3, 0.4) is 0 Å². The van der Waals surface area contributed by atoms with E-state index in [-0.39, 0.29) is 0 Å². The molecule has 3 heterocycles. The molecule has 0 fully saturated rings. The lowest BCUT2D eigenvalue weighted by molar-refractivity contribution is 0.595. The van der Waals surface area contributed by atoms with Gasteiger partial charge in [-0.15, -0.1) is 0 Å². The second-order valence-corrected chi connectivity index (χ2v) is 5.94. The van der Waals surface area contributed by atoms with Crippen molar-refractivity contribution in [1.82, 2.24) is 13.4 Å². The number of rotatable bonds is 1. The Hall–Kier alpha value is -1.82. The number of hydrogen-bond acceptors (Lipinski definition) is 3. The van der Waals surface area contributed by atoms with Crippen molar-refractivity contribution < 1.29 is 8.42 Å². The lowest BCUT2D eigenvalue weighted by atomic mass is 10.4.